The van der Waals surface area contributed by atoms with Gasteiger partial charge in [-0.2, -0.15) is 0 Å². The molecule has 0 amide bonds. The van der Waals surface area contributed by atoms with E-state index in [0.717, 1.165) is 83.5 Å². The van der Waals surface area contributed by atoms with Gasteiger partial charge in [0.05, 0.1) is 27.7 Å². The molecular weight excluding hydrogens is 1230 g/mol. The fourth-order valence-electron chi connectivity index (χ4n) is 12.3. The van der Waals surface area contributed by atoms with Gasteiger partial charge in [-0.05, 0) is 89.9 Å². The standard InChI is InChI=1S/C88H160NO8P/c1-6-8-10-12-14-16-18-20-22-24-26-28-30-32-34-36-38-40-41-42-43-44-45-46-47-49-51-53-55-57-59-61-63-65-67-69-71-73-75-77-79-81-88(91)97-86(85-96-98(92,93)95-83-82-89(3,4)5)84-94-87(90)80-78-76-74-72-70-68-66-64-62-60-58-56-54-52-50-48-39-37-35-33-31-29-27-25-23-21-19-17-15-13-11-9-7-2/h8-11,14-17,20-23,26-29,86H,6-7,12-13,18-19,24-25,30-85H2,1-5H3/b10-8-,11-9-,16-14-,17-15-,22-20-,23-21-,28-26-,29-27-. The normalized spacial score (nSPS) is 13.5. The smallest absolute Gasteiger partial charge is 0.306 e. The van der Waals surface area contributed by atoms with Crippen molar-refractivity contribution in [2.75, 3.05) is 47.5 Å². The third kappa shape index (κ3) is 81.9. The van der Waals surface area contributed by atoms with Crippen molar-refractivity contribution >= 4 is 19.8 Å². The average Bonchev–Trinajstić information content (AvgIpc) is 1.08. The van der Waals surface area contributed by atoms with Gasteiger partial charge in [0.15, 0.2) is 6.10 Å². The number of allylic oxidation sites excluding steroid dienone is 16. The highest BCUT2D eigenvalue weighted by Crippen LogP contribution is 2.38. The molecule has 98 heavy (non-hydrogen) atoms. The minimum atomic E-state index is -4.65. The maximum atomic E-state index is 12.9. The molecule has 0 heterocycles. The molecule has 0 aromatic carbocycles. The zero-order valence-corrected chi connectivity index (χ0v) is 66.1. The molecule has 0 aliphatic carbocycles. The minimum Gasteiger partial charge on any atom is -0.756 e. The number of likely N-dealkylation sites (N-methyl/N-ethyl adjacent to an activating group) is 1. The number of hydrogen-bond donors (Lipinski definition) is 0. The van der Waals surface area contributed by atoms with Gasteiger partial charge in [-0.15, -0.1) is 0 Å². The molecule has 0 aliphatic heterocycles. The van der Waals surface area contributed by atoms with Crippen LogP contribution >= 0.6 is 7.82 Å². The van der Waals surface area contributed by atoms with Crippen LogP contribution in [0.2, 0.25) is 0 Å². The van der Waals surface area contributed by atoms with Crippen LogP contribution in [-0.4, -0.2) is 70.0 Å². The largest absolute Gasteiger partial charge is 0.756 e. The molecule has 0 N–H and O–H groups in total. The fourth-order valence-corrected chi connectivity index (χ4v) is 13.0. The number of rotatable bonds is 78. The zero-order chi connectivity index (χ0) is 71.1. The summed E-state index contributed by atoms with van der Waals surface area (Å²) >= 11 is 0. The van der Waals surface area contributed by atoms with E-state index in [0.29, 0.717) is 17.4 Å². The summed E-state index contributed by atoms with van der Waals surface area (Å²) in [4.78, 5) is 38.2. The van der Waals surface area contributed by atoms with E-state index in [4.69, 9.17) is 18.5 Å². The lowest BCUT2D eigenvalue weighted by molar-refractivity contribution is -0.870. The van der Waals surface area contributed by atoms with E-state index in [9.17, 15) is 19.0 Å². The van der Waals surface area contributed by atoms with Gasteiger partial charge in [-0.3, -0.25) is 14.2 Å². The molecule has 0 saturated carbocycles. The molecule has 0 bridgehead atoms. The summed E-state index contributed by atoms with van der Waals surface area (Å²) in [5.74, 6) is -0.812. The quantitative estimate of drug-likeness (QED) is 0.0195. The molecule has 10 heteroatoms. The molecular formula is C88H160NO8P. The van der Waals surface area contributed by atoms with Crippen molar-refractivity contribution in [3.05, 3.63) is 97.2 Å². The van der Waals surface area contributed by atoms with Crippen molar-refractivity contribution in [3.63, 3.8) is 0 Å². The van der Waals surface area contributed by atoms with Gasteiger partial charge in [-0.25, -0.2) is 0 Å². The van der Waals surface area contributed by atoms with Gasteiger partial charge in [0.1, 0.15) is 19.8 Å². The molecule has 0 aromatic rings. The first-order valence-corrected chi connectivity index (χ1v) is 43.4. The molecule has 0 aliphatic rings. The molecule has 2 atom stereocenters. The Hall–Kier alpha value is -3.07. The van der Waals surface area contributed by atoms with Crippen LogP contribution in [0.4, 0.5) is 0 Å². The Morgan fingerprint density at radius 1 is 0.316 bits per heavy atom. The zero-order valence-electron chi connectivity index (χ0n) is 65.2. The predicted octanol–water partition coefficient (Wildman–Crippen LogP) is 27.5. The Bertz CT molecular complexity index is 1980. The average molecular weight is 1390 g/mol. The summed E-state index contributed by atoms with van der Waals surface area (Å²) < 4.78 is 34.5. The van der Waals surface area contributed by atoms with E-state index in [1.54, 1.807) is 0 Å². The molecule has 0 saturated heterocycles. The number of carbonyl (C=O) groups excluding carboxylic acids is 2. The van der Waals surface area contributed by atoms with Crippen LogP contribution in [0.5, 0.6) is 0 Å². The summed E-state index contributed by atoms with van der Waals surface area (Å²) in [5.41, 5.74) is 0. The Balaban J connectivity index is 3.88. The van der Waals surface area contributed by atoms with E-state index in [-0.39, 0.29) is 32.0 Å². The lowest BCUT2D eigenvalue weighted by Crippen LogP contribution is -2.37. The second-order valence-electron chi connectivity index (χ2n) is 29.4. The minimum absolute atomic E-state index is 0.0296. The lowest BCUT2D eigenvalue weighted by Gasteiger charge is -2.28. The molecule has 0 radical (unpaired) electrons. The van der Waals surface area contributed by atoms with E-state index in [2.05, 4.69) is 111 Å². The summed E-state index contributed by atoms with van der Waals surface area (Å²) in [7, 11) is 1.18. The molecule has 0 rings (SSSR count). The Morgan fingerprint density at radius 3 is 0.816 bits per heavy atom. The maximum absolute atomic E-state index is 12.9. The highest BCUT2D eigenvalue weighted by atomic mass is 31.2. The number of carbonyl (C=O) groups is 2. The van der Waals surface area contributed by atoms with Crippen molar-refractivity contribution in [3.8, 4) is 0 Å². The number of phosphoric ester groups is 1. The highest BCUT2D eigenvalue weighted by Gasteiger charge is 2.22. The molecule has 0 aromatic heterocycles. The lowest BCUT2D eigenvalue weighted by atomic mass is 10.0. The third-order valence-electron chi connectivity index (χ3n) is 18.6. The summed E-state index contributed by atoms with van der Waals surface area (Å²) in [6.45, 7) is 4.08. The van der Waals surface area contributed by atoms with Gasteiger partial charge in [0.2, 0.25) is 0 Å². The van der Waals surface area contributed by atoms with Crippen LogP contribution in [-0.2, 0) is 32.7 Å². The van der Waals surface area contributed by atoms with Crippen molar-refractivity contribution in [2.24, 2.45) is 0 Å². The first-order valence-electron chi connectivity index (χ1n) is 41.9. The molecule has 9 nitrogen and oxygen atoms in total. The van der Waals surface area contributed by atoms with E-state index in [1.807, 2.05) is 21.1 Å². The molecule has 0 spiro atoms. The third-order valence-corrected chi connectivity index (χ3v) is 19.6. The van der Waals surface area contributed by atoms with Crippen LogP contribution < -0.4 is 4.89 Å². The van der Waals surface area contributed by atoms with Crippen LogP contribution in [0.15, 0.2) is 97.2 Å². The van der Waals surface area contributed by atoms with Gasteiger partial charge in [0, 0.05) is 12.8 Å². The summed E-state index contributed by atoms with van der Waals surface area (Å²) in [5, 5.41) is 0. The number of nitrogens with zero attached hydrogens (tertiary/aromatic N) is 1. The first-order chi connectivity index (χ1) is 48.0. The monoisotopic (exact) mass is 1390 g/mol. The van der Waals surface area contributed by atoms with E-state index in [1.165, 1.54) is 283 Å². The second kappa shape index (κ2) is 78.1. The fraction of sp³-hybridized carbons (Fsp3) is 0.795. The Morgan fingerprint density at radius 2 is 0.551 bits per heavy atom. The van der Waals surface area contributed by atoms with Gasteiger partial charge in [0.25, 0.3) is 7.82 Å². The van der Waals surface area contributed by atoms with Crippen molar-refractivity contribution in [1.82, 2.24) is 0 Å². The number of quaternary nitrogens is 1. The first kappa shape index (κ1) is 94.9. The van der Waals surface area contributed by atoms with Crippen molar-refractivity contribution in [2.45, 2.75) is 405 Å². The number of esters is 2. The van der Waals surface area contributed by atoms with Gasteiger partial charge < -0.3 is 27.9 Å². The Kier molecular flexibility index (Phi) is 75.6. The number of phosphoric acid groups is 1. The van der Waals surface area contributed by atoms with Crippen LogP contribution in [0.3, 0.4) is 0 Å². The maximum Gasteiger partial charge on any atom is 0.306 e. The summed E-state index contributed by atoms with van der Waals surface area (Å²) in [6, 6.07) is 0. The van der Waals surface area contributed by atoms with Crippen molar-refractivity contribution < 1.29 is 42.1 Å². The molecule has 570 valence electrons. The van der Waals surface area contributed by atoms with Crippen LogP contribution in [0, 0.1) is 0 Å². The number of hydrogen-bond acceptors (Lipinski definition) is 8. The Labute approximate surface area is 608 Å². The van der Waals surface area contributed by atoms with E-state index >= 15 is 0 Å². The van der Waals surface area contributed by atoms with Gasteiger partial charge >= 0.3 is 11.9 Å². The SMILES string of the molecule is CC/C=C\C/C=C\C/C=C\C/C=C\CCCCCCCCCCCCCCCCCCCCCCCCCCCCCCC(=O)OC(COC(=O)CCCCCCCCCCCCCCCCCCCCCC/C=C\C/C=C\C/C=C\C/C=C\CC)COP(=O)([O-])OCC[N+](C)(C)C. The number of unbranched alkanes of at least 4 members (excludes halogenated alkanes) is 48. The topological polar surface area (TPSA) is 111 Å². The summed E-state index contributed by atoms with van der Waals surface area (Å²) in [6.07, 6.45) is 110. The van der Waals surface area contributed by atoms with Gasteiger partial charge in [-0.1, -0.05) is 394 Å². The molecule has 2 unspecified atom stereocenters. The number of ether oxygens (including phenoxy) is 2. The van der Waals surface area contributed by atoms with Crippen LogP contribution in [0.25, 0.3) is 0 Å². The predicted molar refractivity (Wildman–Crippen MR) is 425 cm³/mol. The van der Waals surface area contributed by atoms with E-state index < -0.39 is 26.5 Å². The highest BCUT2D eigenvalue weighted by molar-refractivity contribution is 7.45. The van der Waals surface area contributed by atoms with Crippen LogP contribution in [0.1, 0.15) is 399 Å². The molecule has 0 fully saturated rings. The second-order valence-corrected chi connectivity index (χ2v) is 30.8. The van der Waals surface area contributed by atoms with Crippen molar-refractivity contribution in [1.29, 1.82) is 0 Å².